The topological polar surface area (TPSA) is 93.1 Å². The van der Waals surface area contributed by atoms with Crippen LogP contribution in [0.1, 0.15) is 51.4 Å². The van der Waals surface area contributed by atoms with Crippen LogP contribution < -0.4 is 0 Å². The number of aliphatic carboxylic acids is 1. The number of piperidine rings is 1. The second-order valence-electron chi connectivity index (χ2n) is 7.90. The van der Waals surface area contributed by atoms with Gasteiger partial charge in [0.15, 0.2) is 4.75 Å². The first kappa shape index (κ1) is 26.2. The largest absolute Gasteiger partial charge is 0.480 e. The third kappa shape index (κ3) is 6.05. The molecule has 0 radical (unpaired) electrons. The number of carbonyl (C=O) groups is 1. The third-order valence-corrected chi connectivity index (χ3v) is 8.44. The average molecular weight is 481 g/mol. The summed E-state index contributed by atoms with van der Waals surface area (Å²) in [5, 5.41) is 9.59. The van der Waals surface area contributed by atoms with Crippen LogP contribution in [-0.4, -0.2) is 79.7 Å². The van der Waals surface area contributed by atoms with E-state index in [4.69, 9.17) is 9.47 Å². The first-order valence-corrected chi connectivity index (χ1v) is 11.6. The Bertz CT molecular complexity index is 701. The molecule has 0 atom stereocenters. The molecule has 2 aliphatic heterocycles. The van der Waals surface area contributed by atoms with Gasteiger partial charge in [-0.15, -0.1) is 0 Å². The van der Waals surface area contributed by atoms with Gasteiger partial charge in [-0.1, -0.05) is 6.42 Å². The van der Waals surface area contributed by atoms with E-state index in [1.165, 1.54) is 4.31 Å². The molecule has 2 fully saturated rings. The smallest absolute Gasteiger partial charge is 0.453 e. The molecule has 1 N–H and O–H groups in total. The summed E-state index contributed by atoms with van der Waals surface area (Å²) in [6, 6.07) is 0. The molecule has 0 aromatic carbocycles. The van der Waals surface area contributed by atoms with E-state index in [0.29, 0.717) is 19.3 Å². The van der Waals surface area contributed by atoms with E-state index in [-0.39, 0.29) is 64.7 Å². The van der Waals surface area contributed by atoms with E-state index in [2.05, 4.69) is 0 Å². The summed E-state index contributed by atoms with van der Waals surface area (Å²) in [7, 11) is -4.09. The molecule has 0 saturated carbocycles. The molecular formula is C18H28F5NO6S. The van der Waals surface area contributed by atoms with Crippen molar-refractivity contribution in [3.05, 3.63) is 0 Å². The van der Waals surface area contributed by atoms with Crippen LogP contribution in [0.15, 0.2) is 0 Å². The van der Waals surface area contributed by atoms with Crippen LogP contribution in [0.25, 0.3) is 0 Å². The lowest BCUT2D eigenvalue weighted by Crippen LogP contribution is -2.57. The number of hydrogen-bond acceptors (Lipinski definition) is 5. The molecule has 0 spiro atoms. The molecule has 0 aliphatic carbocycles. The van der Waals surface area contributed by atoms with Gasteiger partial charge in [0.2, 0.25) is 10.0 Å². The Hall–Kier alpha value is -1.05. The summed E-state index contributed by atoms with van der Waals surface area (Å²) >= 11 is 0. The predicted molar refractivity (Wildman–Crippen MR) is 99.4 cm³/mol. The molecule has 7 nitrogen and oxygen atoms in total. The highest BCUT2D eigenvalue weighted by atomic mass is 32.2. The molecule has 2 aliphatic rings. The van der Waals surface area contributed by atoms with Crippen molar-refractivity contribution in [3.8, 4) is 0 Å². The number of nitrogens with zero attached hydrogens (tertiary/aromatic N) is 1. The molecular weight excluding hydrogens is 453 g/mol. The molecule has 0 aromatic rings. The SMILES string of the molecule is O=C(O)C1(S(=O)(=O)N2CCC(OCCCCCC(F)(F)C(F)(F)F)CC2)CCOCC1. The molecule has 13 heteroatoms. The van der Waals surface area contributed by atoms with E-state index in [9.17, 15) is 40.3 Å². The number of unbranched alkanes of at least 4 members (excludes halogenated alkanes) is 2. The predicted octanol–water partition coefficient (Wildman–Crippen LogP) is 3.19. The van der Waals surface area contributed by atoms with Gasteiger partial charge in [-0.3, -0.25) is 4.79 Å². The Morgan fingerprint density at radius 3 is 2.16 bits per heavy atom. The number of carboxylic acids is 1. The summed E-state index contributed by atoms with van der Waals surface area (Å²) in [5.74, 6) is -6.07. The lowest BCUT2D eigenvalue weighted by molar-refractivity contribution is -0.284. The van der Waals surface area contributed by atoms with E-state index in [1.54, 1.807) is 0 Å². The molecule has 0 unspecified atom stereocenters. The van der Waals surface area contributed by atoms with E-state index in [0.717, 1.165) is 0 Å². The van der Waals surface area contributed by atoms with Crippen LogP contribution in [0.2, 0.25) is 0 Å². The highest BCUT2D eigenvalue weighted by Crippen LogP contribution is 2.39. The van der Waals surface area contributed by atoms with Crippen molar-refractivity contribution in [1.82, 2.24) is 4.31 Å². The Morgan fingerprint density at radius 1 is 1.06 bits per heavy atom. The van der Waals surface area contributed by atoms with Gasteiger partial charge in [-0.05, 0) is 25.7 Å². The zero-order valence-electron chi connectivity index (χ0n) is 17.0. The summed E-state index contributed by atoms with van der Waals surface area (Å²) in [6.45, 7) is 0.479. The van der Waals surface area contributed by atoms with Crippen LogP contribution in [0.4, 0.5) is 22.0 Å². The van der Waals surface area contributed by atoms with E-state index < -0.39 is 39.3 Å². The van der Waals surface area contributed by atoms with Gasteiger partial charge in [-0.25, -0.2) is 12.7 Å². The van der Waals surface area contributed by atoms with Gasteiger partial charge in [-0.2, -0.15) is 22.0 Å². The zero-order chi connectivity index (χ0) is 23.3. The van der Waals surface area contributed by atoms with Gasteiger partial charge >= 0.3 is 18.1 Å². The van der Waals surface area contributed by atoms with Gasteiger partial charge in [0.05, 0.1) is 6.10 Å². The first-order valence-electron chi connectivity index (χ1n) is 10.2. The van der Waals surface area contributed by atoms with Crippen molar-refractivity contribution < 1.29 is 49.7 Å². The molecule has 0 aromatic heterocycles. The van der Waals surface area contributed by atoms with Gasteiger partial charge in [0, 0.05) is 52.2 Å². The van der Waals surface area contributed by atoms with Crippen molar-refractivity contribution in [1.29, 1.82) is 0 Å². The summed E-state index contributed by atoms with van der Waals surface area (Å²) < 4.78 is 97.9. The Morgan fingerprint density at radius 2 is 1.65 bits per heavy atom. The van der Waals surface area contributed by atoms with Crippen LogP contribution in [0, 0.1) is 0 Å². The number of carboxylic acid groups (broad SMARTS) is 1. The molecule has 0 bridgehead atoms. The number of rotatable bonds is 10. The number of alkyl halides is 5. The van der Waals surface area contributed by atoms with Crippen molar-refractivity contribution in [2.24, 2.45) is 0 Å². The van der Waals surface area contributed by atoms with Crippen LogP contribution in [-0.2, 0) is 24.3 Å². The number of halogens is 5. The van der Waals surface area contributed by atoms with E-state index >= 15 is 0 Å². The van der Waals surface area contributed by atoms with Crippen molar-refractivity contribution in [2.45, 2.75) is 74.3 Å². The Balaban J connectivity index is 1.73. The first-order chi connectivity index (χ1) is 14.3. The lowest BCUT2D eigenvalue weighted by atomic mass is 9.99. The van der Waals surface area contributed by atoms with Crippen LogP contribution in [0.5, 0.6) is 0 Å². The third-order valence-electron chi connectivity index (χ3n) is 5.83. The zero-order valence-corrected chi connectivity index (χ0v) is 17.8. The molecule has 182 valence electrons. The monoisotopic (exact) mass is 481 g/mol. The summed E-state index contributed by atoms with van der Waals surface area (Å²) in [6.07, 6.45) is -6.44. The fourth-order valence-corrected chi connectivity index (χ4v) is 5.88. The molecule has 2 saturated heterocycles. The fraction of sp³-hybridized carbons (Fsp3) is 0.944. The minimum absolute atomic E-state index is 0.0556. The standard InChI is InChI=1S/C18H28F5NO6S/c19-17(20,18(21,22)23)6-2-1-3-11-30-14-4-9-24(10-5-14)31(27,28)16(15(25)26)7-12-29-13-8-16/h14H,1-13H2,(H,25,26). The Labute approximate surface area is 177 Å². The summed E-state index contributed by atoms with van der Waals surface area (Å²) in [5.41, 5.74) is 0. The fourth-order valence-electron chi connectivity index (χ4n) is 3.79. The molecule has 0 amide bonds. The number of sulfonamides is 1. The Kier molecular flexibility index (Phi) is 8.67. The minimum Gasteiger partial charge on any atom is -0.480 e. The maximum Gasteiger partial charge on any atom is 0.453 e. The quantitative estimate of drug-likeness (QED) is 0.381. The molecule has 31 heavy (non-hydrogen) atoms. The van der Waals surface area contributed by atoms with Gasteiger partial charge in [0.1, 0.15) is 0 Å². The minimum atomic E-state index is -5.54. The van der Waals surface area contributed by atoms with Crippen molar-refractivity contribution in [3.63, 3.8) is 0 Å². The highest BCUT2D eigenvalue weighted by Gasteiger charge is 2.56. The molecule has 2 rings (SSSR count). The number of ether oxygens (including phenoxy) is 2. The van der Waals surface area contributed by atoms with Crippen molar-refractivity contribution >= 4 is 16.0 Å². The van der Waals surface area contributed by atoms with Crippen molar-refractivity contribution in [2.75, 3.05) is 32.9 Å². The van der Waals surface area contributed by atoms with Gasteiger partial charge < -0.3 is 14.6 Å². The summed E-state index contributed by atoms with van der Waals surface area (Å²) in [4.78, 5) is 11.8. The average Bonchev–Trinajstić information content (AvgIpc) is 2.70. The second kappa shape index (κ2) is 10.3. The maximum atomic E-state index is 13.0. The lowest BCUT2D eigenvalue weighted by Gasteiger charge is -2.39. The maximum absolute atomic E-state index is 13.0. The molecule has 2 heterocycles. The van der Waals surface area contributed by atoms with Gasteiger partial charge in [0.25, 0.3) is 0 Å². The van der Waals surface area contributed by atoms with Crippen LogP contribution in [0.3, 0.4) is 0 Å². The second-order valence-corrected chi connectivity index (χ2v) is 10.1. The number of hydrogen-bond donors (Lipinski definition) is 1. The highest BCUT2D eigenvalue weighted by molar-refractivity contribution is 7.91. The van der Waals surface area contributed by atoms with Crippen LogP contribution >= 0.6 is 0 Å². The van der Waals surface area contributed by atoms with E-state index in [1.807, 2.05) is 0 Å². The normalized spacial score (nSPS) is 21.8.